The Bertz CT molecular complexity index is 979. The molecule has 6 nitrogen and oxygen atoms in total. The van der Waals surface area contributed by atoms with Crippen LogP contribution in [-0.4, -0.2) is 24.2 Å². The highest BCUT2D eigenvalue weighted by atomic mass is 16.5. The monoisotopic (exact) mass is 395 g/mol. The first-order valence-electron chi connectivity index (χ1n) is 9.50. The SMILES string of the molecule is CC[C@H](C)Oc1cccc(C(=O)Nc2cc(-c3ccc(CO)o3)ccc2OC)c1. The minimum absolute atomic E-state index is 0.0715. The first-order valence-corrected chi connectivity index (χ1v) is 9.50. The fourth-order valence-electron chi connectivity index (χ4n) is 2.80. The molecule has 0 aliphatic carbocycles. The molecule has 0 saturated heterocycles. The van der Waals surface area contributed by atoms with E-state index in [0.717, 1.165) is 12.0 Å². The lowest BCUT2D eigenvalue weighted by molar-refractivity contribution is 0.102. The zero-order valence-corrected chi connectivity index (χ0v) is 16.8. The van der Waals surface area contributed by atoms with Gasteiger partial charge in [0.15, 0.2) is 0 Å². The van der Waals surface area contributed by atoms with Gasteiger partial charge in [-0.05, 0) is 61.9 Å². The highest BCUT2D eigenvalue weighted by Gasteiger charge is 2.14. The standard InChI is InChI=1S/C23H25NO5/c1-4-15(2)28-18-7-5-6-17(12-18)23(26)24-20-13-16(8-10-22(20)27-3)21-11-9-19(14-25)29-21/h5-13,15,25H,4,14H2,1-3H3,(H,24,26)/t15-/m0/s1. The van der Waals surface area contributed by atoms with Gasteiger partial charge in [0.2, 0.25) is 0 Å². The first kappa shape index (κ1) is 20.5. The summed E-state index contributed by atoms with van der Waals surface area (Å²) >= 11 is 0. The number of aliphatic hydroxyl groups excluding tert-OH is 1. The van der Waals surface area contributed by atoms with Crippen LogP contribution in [0.5, 0.6) is 11.5 Å². The molecule has 2 aromatic carbocycles. The first-order chi connectivity index (χ1) is 14.0. The predicted octanol–water partition coefficient (Wildman–Crippen LogP) is 4.88. The summed E-state index contributed by atoms with van der Waals surface area (Å²) in [6.07, 6.45) is 0.952. The van der Waals surface area contributed by atoms with Crippen LogP contribution in [0.1, 0.15) is 36.4 Å². The Morgan fingerprint density at radius 1 is 1.17 bits per heavy atom. The summed E-state index contributed by atoms with van der Waals surface area (Å²) in [6, 6.07) is 15.9. The van der Waals surface area contributed by atoms with E-state index < -0.39 is 0 Å². The highest BCUT2D eigenvalue weighted by Crippen LogP contribution is 2.32. The van der Waals surface area contributed by atoms with Gasteiger partial charge < -0.3 is 24.3 Å². The molecule has 3 aromatic rings. The number of nitrogens with one attached hydrogen (secondary N) is 1. The van der Waals surface area contributed by atoms with E-state index in [1.165, 1.54) is 0 Å². The van der Waals surface area contributed by atoms with Gasteiger partial charge in [0.05, 0.1) is 18.9 Å². The van der Waals surface area contributed by atoms with Crippen LogP contribution < -0.4 is 14.8 Å². The smallest absolute Gasteiger partial charge is 0.255 e. The maximum absolute atomic E-state index is 12.8. The number of furan rings is 1. The van der Waals surface area contributed by atoms with Crippen LogP contribution in [0.2, 0.25) is 0 Å². The maximum atomic E-state index is 12.8. The third-order valence-electron chi connectivity index (χ3n) is 4.56. The summed E-state index contributed by atoms with van der Waals surface area (Å²) in [7, 11) is 1.54. The van der Waals surface area contributed by atoms with Crippen molar-refractivity contribution in [2.75, 3.05) is 12.4 Å². The average molecular weight is 395 g/mol. The predicted molar refractivity (Wildman–Crippen MR) is 111 cm³/mol. The largest absolute Gasteiger partial charge is 0.495 e. The summed E-state index contributed by atoms with van der Waals surface area (Å²) < 4.78 is 16.8. The lowest BCUT2D eigenvalue weighted by atomic mass is 10.1. The molecule has 0 aliphatic heterocycles. The molecule has 3 rings (SSSR count). The second kappa shape index (κ2) is 9.30. The van der Waals surface area contributed by atoms with E-state index >= 15 is 0 Å². The highest BCUT2D eigenvalue weighted by molar-refractivity contribution is 6.05. The van der Waals surface area contributed by atoms with E-state index in [4.69, 9.17) is 13.9 Å². The van der Waals surface area contributed by atoms with Crippen LogP contribution in [0.15, 0.2) is 59.0 Å². The van der Waals surface area contributed by atoms with Gasteiger partial charge in [0.1, 0.15) is 29.6 Å². The second-order valence-electron chi connectivity index (χ2n) is 6.66. The Labute approximate surface area is 170 Å². The van der Waals surface area contributed by atoms with Crippen LogP contribution in [0.4, 0.5) is 5.69 Å². The van der Waals surface area contributed by atoms with Gasteiger partial charge in [-0.3, -0.25) is 4.79 Å². The molecule has 0 saturated carbocycles. The summed E-state index contributed by atoms with van der Waals surface area (Å²) in [6.45, 7) is 3.86. The summed E-state index contributed by atoms with van der Waals surface area (Å²) in [5.74, 6) is 1.98. The van der Waals surface area contributed by atoms with Crippen LogP contribution in [0.3, 0.4) is 0 Å². The molecule has 0 unspecified atom stereocenters. The molecule has 1 atom stereocenters. The van der Waals surface area contributed by atoms with Gasteiger partial charge in [-0.1, -0.05) is 13.0 Å². The molecular formula is C23H25NO5. The third kappa shape index (κ3) is 4.97. The van der Waals surface area contributed by atoms with E-state index in [9.17, 15) is 9.90 Å². The lowest BCUT2D eigenvalue weighted by Crippen LogP contribution is -2.14. The van der Waals surface area contributed by atoms with Crippen molar-refractivity contribution in [1.29, 1.82) is 0 Å². The Morgan fingerprint density at radius 2 is 2.00 bits per heavy atom. The number of hydrogen-bond acceptors (Lipinski definition) is 5. The van der Waals surface area contributed by atoms with Gasteiger partial charge in [-0.25, -0.2) is 0 Å². The molecule has 152 valence electrons. The summed E-state index contributed by atoms with van der Waals surface area (Å²) in [4.78, 5) is 12.8. The summed E-state index contributed by atoms with van der Waals surface area (Å²) in [5, 5.41) is 12.1. The number of benzene rings is 2. The molecule has 2 N–H and O–H groups in total. The van der Waals surface area contributed by atoms with Crippen molar-refractivity contribution in [2.24, 2.45) is 0 Å². The zero-order chi connectivity index (χ0) is 20.8. The number of carbonyl (C=O) groups is 1. The fourth-order valence-corrected chi connectivity index (χ4v) is 2.80. The van der Waals surface area contributed by atoms with Crippen molar-refractivity contribution < 1.29 is 23.8 Å². The molecule has 0 bridgehead atoms. The Balaban J connectivity index is 1.84. The molecule has 6 heteroatoms. The van der Waals surface area contributed by atoms with E-state index in [0.29, 0.717) is 34.3 Å². The van der Waals surface area contributed by atoms with Gasteiger partial charge >= 0.3 is 0 Å². The molecule has 0 aliphatic rings. The summed E-state index contributed by atoms with van der Waals surface area (Å²) in [5.41, 5.74) is 1.76. The average Bonchev–Trinajstić information content (AvgIpc) is 3.23. The van der Waals surface area contributed by atoms with Crippen molar-refractivity contribution in [3.63, 3.8) is 0 Å². The van der Waals surface area contributed by atoms with Gasteiger partial charge in [-0.2, -0.15) is 0 Å². The van der Waals surface area contributed by atoms with Gasteiger partial charge in [0.25, 0.3) is 5.91 Å². The number of anilines is 1. The number of carbonyl (C=O) groups excluding carboxylic acids is 1. The number of methoxy groups -OCH3 is 1. The molecule has 29 heavy (non-hydrogen) atoms. The van der Waals surface area contributed by atoms with E-state index in [1.807, 2.05) is 26.0 Å². The van der Waals surface area contributed by atoms with E-state index in [2.05, 4.69) is 5.32 Å². The van der Waals surface area contributed by atoms with Crippen molar-refractivity contribution >= 4 is 11.6 Å². The number of amides is 1. The van der Waals surface area contributed by atoms with Crippen LogP contribution >= 0.6 is 0 Å². The van der Waals surface area contributed by atoms with Crippen molar-refractivity contribution in [2.45, 2.75) is 33.0 Å². The zero-order valence-electron chi connectivity index (χ0n) is 16.8. The quantitative estimate of drug-likeness (QED) is 0.568. The van der Waals surface area contributed by atoms with Crippen molar-refractivity contribution in [3.05, 3.63) is 65.9 Å². The normalized spacial score (nSPS) is 11.7. The van der Waals surface area contributed by atoms with E-state index in [-0.39, 0.29) is 18.6 Å². The van der Waals surface area contributed by atoms with Gasteiger partial charge in [0, 0.05) is 11.1 Å². The molecular weight excluding hydrogens is 370 g/mol. The number of aliphatic hydroxyl groups is 1. The Kier molecular flexibility index (Phi) is 6.57. The second-order valence-corrected chi connectivity index (χ2v) is 6.66. The van der Waals surface area contributed by atoms with Crippen LogP contribution in [-0.2, 0) is 6.61 Å². The van der Waals surface area contributed by atoms with Crippen molar-refractivity contribution in [3.8, 4) is 22.8 Å². The number of rotatable bonds is 8. The molecule has 1 aromatic heterocycles. The fraction of sp³-hybridized carbons (Fsp3) is 0.261. The number of ether oxygens (including phenoxy) is 2. The molecule has 0 radical (unpaired) electrons. The molecule has 1 heterocycles. The maximum Gasteiger partial charge on any atom is 0.255 e. The minimum atomic E-state index is -0.273. The van der Waals surface area contributed by atoms with Crippen molar-refractivity contribution in [1.82, 2.24) is 0 Å². The Hall–Kier alpha value is -3.25. The number of hydrogen-bond donors (Lipinski definition) is 2. The topological polar surface area (TPSA) is 80.9 Å². The molecule has 0 spiro atoms. The van der Waals surface area contributed by atoms with Crippen LogP contribution in [0.25, 0.3) is 11.3 Å². The Morgan fingerprint density at radius 3 is 2.69 bits per heavy atom. The van der Waals surface area contributed by atoms with E-state index in [1.54, 1.807) is 49.6 Å². The minimum Gasteiger partial charge on any atom is -0.495 e. The molecule has 0 fully saturated rings. The van der Waals surface area contributed by atoms with Gasteiger partial charge in [-0.15, -0.1) is 0 Å². The van der Waals surface area contributed by atoms with Crippen LogP contribution in [0, 0.1) is 0 Å². The lowest BCUT2D eigenvalue weighted by Gasteiger charge is -2.14. The molecule has 1 amide bonds. The third-order valence-corrected chi connectivity index (χ3v) is 4.56.